The Hall–Kier alpha value is -1.07. The molecule has 1 saturated heterocycles. The molecule has 0 radical (unpaired) electrons. The number of ether oxygens (including phenoxy) is 1. The Bertz CT molecular complexity index is 405. The van der Waals surface area contributed by atoms with Gasteiger partial charge in [0.25, 0.3) is 0 Å². The monoisotopic (exact) mass is 259 g/mol. The fraction of sp³-hybridized carbons (Fsp3) is 0.538. The Morgan fingerprint density at radius 2 is 2.11 bits per heavy atom. The zero-order valence-electron chi connectivity index (χ0n) is 10.1. The highest BCUT2D eigenvalue weighted by atomic mass is 19.4. The van der Waals surface area contributed by atoms with Gasteiger partial charge in [0.1, 0.15) is 0 Å². The number of piperidine rings is 1. The number of nitrogens with one attached hydrogen (secondary N) is 1. The highest BCUT2D eigenvalue weighted by Crippen LogP contribution is 2.32. The maximum atomic E-state index is 12.6. The van der Waals surface area contributed by atoms with E-state index >= 15 is 0 Å². The molecule has 0 spiro atoms. The summed E-state index contributed by atoms with van der Waals surface area (Å²) in [7, 11) is 1.64. The number of rotatable bonds is 2. The molecule has 1 aromatic rings. The molecule has 2 unspecified atom stereocenters. The summed E-state index contributed by atoms with van der Waals surface area (Å²) in [6, 6.07) is 5.43. The number of halogens is 3. The molecule has 0 aromatic heterocycles. The highest BCUT2D eigenvalue weighted by molar-refractivity contribution is 5.28. The van der Waals surface area contributed by atoms with Gasteiger partial charge in [0.15, 0.2) is 0 Å². The van der Waals surface area contributed by atoms with E-state index in [9.17, 15) is 13.2 Å². The van der Waals surface area contributed by atoms with Gasteiger partial charge in [-0.05, 0) is 37.1 Å². The predicted molar refractivity (Wildman–Crippen MR) is 62.2 cm³/mol. The highest BCUT2D eigenvalue weighted by Gasteiger charge is 2.31. The molecule has 1 aliphatic heterocycles. The van der Waals surface area contributed by atoms with Gasteiger partial charge in [0.2, 0.25) is 0 Å². The van der Waals surface area contributed by atoms with Crippen LogP contribution in [-0.2, 0) is 10.9 Å². The molecule has 1 heterocycles. The first-order chi connectivity index (χ1) is 8.50. The molecular weight excluding hydrogens is 243 g/mol. The Balaban J connectivity index is 2.18. The molecule has 1 fully saturated rings. The van der Waals surface area contributed by atoms with Crippen LogP contribution in [0, 0.1) is 0 Å². The molecule has 2 atom stereocenters. The van der Waals surface area contributed by atoms with Crippen molar-refractivity contribution in [1.29, 1.82) is 0 Å². The van der Waals surface area contributed by atoms with E-state index in [0.717, 1.165) is 19.0 Å². The molecule has 0 bridgehead atoms. The first-order valence-electron chi connectivity index (χ1n) is 5.94. The quantitative estimate of drug-likeness (QED) is 0.881. The van der Waals surface area contributed by atoms with Crippen molar-refractivity contribution < 1.29 is 17.9 Å². The third-order valence-corrected chi connectivity index (χ3v) is 3.31. The van der Waals surface area contributed by atoms with Crippen LogP contribution < -0.4 is 5.32 Å². The number of benzene rings is 1. The normalized spacial score (nSPS) is 25.1. The van der Waals surface area contributed by atoms with Crippen molar-refractivity contribution in [2.75, 3.05) is 13.7 Å². The summed E-state index contributed by atoms with van der Waals surface area (Å²) in [5.41, 5.74) is 0.0768. The van der Waals surface area contributed by atoms with Crippen LogP contribution in [-0.4, -0.2) is 19.8 Å². The van der Waals surface area contributed by atoms with Gasteiger partial charge < -0.3 is 10.1 Å². The fourth-order valence-corrected chi connectivity index (χ4v) is 2.28. The average molecular weight is 259 g/mol. The Morgan fingerprint density at radius 3 is 2.78 bits per heavy atom. The standard InChI is InChI=1S/C13H16F3NO/c1-18-11-5-6-17-12(8-11)9-3-2-4-10(7-9)13(14,15)16/h2-4,7,11-12,17H,5-6,8H2,1H3. The van der Waals surface area contributed by atoms with Gasteiger partial charge in [0.05, 0.1) is 11.7 Å². The van der Waals surface area contributed by atoms with E-state index in [4.69, 9.17) is 4.74 Å². The first-order valence-corrected chi connectivity index (χ1v) is 5.94. The van der Waals surface area contributed by atoms with Crippen molar-refractivity contribution in [3.05, 3.63) is 35.4 Å². The minimum absolute atomic E-state index is 0.0639. The summed E-state index contributed by atoms with van der Waals surface area (Å²) in [4.78, 5) is 0. The maximum Gasteiger partial charge on any atom is 0.416 e. The maximum absolute atomic E-state index is 12.6. The minimum Gasteiger partial charge on any atom is -0.381 e. The molecule has 18 heavy (non-hydrogen) atoms. The van der Waals surface area contributed by atoms with Gasteiger partial charge in [-0.25, -0.2) is 0 Å². The van der Waals surface area contributed by atoms with E-state index in [1.165, 1.54) is 12.1 Å². The summed E-state index contributed by atoms with van der Waals surface area (Å²) in [6.07, 6.45) is -2.57. The molecule has 1 aliphatic rings. The van der Waals surface area contributed by atoms with Gasteiger partial charge in [0, 0.05) is 13.2 Å². The zero-order chi connectivity index (χ0) is 13.2. The summed E-state index contributed by atoms with van der Waals surface area (Å²) in [6.45, 7) is 0.763. The summed E-state index contributed by atoms with van der Waals surface area (Å²) >= 11 is 0. The Morgan fingerprint density at radius 1 is 1.33 bits per heavy atom. The molecule has 2 rings (SSSR count). The minimum atomic E-state index is -4.29. The molecule has 5 heteroatoms. The van der Waals surface area contributed by atoms with Gasteiger partial charge in [-0.15, -0.1) is 0 Å². The van der Waals surface area contributed by atoms with E-state index in [-0.39, 0.29) is 12.1 Å². The van der Waals surface area contributed by atoms with Crippen LogP contribution in [0.25, 0.3) is 0 Å². The first kappa shape index (κ1) is 13.4. The number of methoxy groups -OCH3 is 1. The molecule has 0 saturated carbocycles. The molecule has 0 amide bonds. The van der Waals surface area contributed by atoms with Crippen LogP contribution in [0.15, 0.2) is 24.3 Å². The van der Waals surface area contributed by atoms with Crippen molar-refractivity contribution in [2.45, 2.75) is 31.2 Å². The lowest BCUT2D eigenvalue weighted by molar-refractivity contribution is -0.137. The lowest BCUT2D eigenvalue weighted by atomic mass is 9.94. The number of hydrogen-bond donors (Lipinski definition) is 1. The van der Waals surface area contributed by atoms with E-state index in [0.29, 0.717) is 12.0 Å². The van der Waals surface area contributed by atoms with Crippen LogP contribution in [0.1, 0.15) is 30.0 Å². The van der Waals surface area contributed by atoms with Crippen molar-refractivity contribution in [1.82, 2.24) is 5.32 Å². The second kappa shape index (κ2) is 5.28. The van der Waals surface area contributed by atoms with Crippen LogP contribution in [0.4, 0.5) is 13.2 Å². The molecule has 1 aromatic carbocycles. The van der Waals surface area contributed by atoms with E-state index in [1.54, 1.807) is 13.2 Å². The van der Waals surface area contributed by atoms with Crippen molar-refractivity contribution in [2.24, 2.45) is 0 Å². The molecule has 1 N–H and O–H groups in total. The molecular formula is C13H16F3NO. The molecule has 0 aliphatic carbocycles. The van der Waals surface area contributed by atoms with E-state index in [2.05, 4.69) is 5.32 Å². The predicted octanol–water partition coefficient (Wildman–Crippen LogP) is 3.14. The molecule has 2 nitrogen and oxygen atoms in total. The third-order valence-electron chi connectivity index (χ3n) is 3.31. The van der Waals surface area contributed by atoms with Crippen molar-refractivity contribution >= 4 is 0 Å². The number of alkyl halides is 3. The second-order valence-corrected chi connectivity index (χ2v) is 4.51. The fourth-order valence-electron chi connectivity index (χ4n) is 2.28. The third kappa shape index (κ3) is 3.03. The topological polar surface area (TPSA) is 21.3 Å². The van der Waals surface area contributed by atoms with Gasteiger partial charge in [-0.3, -0.25) is 0 Å². The lowest BCUT2D eigenvalue weighted by Crippen LogP contribution is -2.35. The zero-order valence-corrected chi connectivity index (χ0v) is 10.1. The Labute approximate surface area is 104 Å². The largest absolute Gasteiger partial charge is 0.416 e. The van der Waals surface area contributed by atoms with Crippen molar-refractivity contribution in [3.8, 4) is 0 Å². The van der Waals surface area contributed by atoms with E-state index < -0.39 is 11.7 Å². The van der Waals surface area contributed by atoms with Crippen molar-refractivity contribution in [3.63, 3.8) is 0 Å². The Kier molecular flexibility index (Phi) is 3.92. The summed E-state index contributed by atoms with van der Waals surface area (Å²) < 4.78 is 43.2. The van der Waals surface area contributed by atoms with Crippen LogP contribution in [0.5, 0.6) is 0 Å². The smallest absolute Gasteiger partial charge is 0.381 e. The average Bonchev–Trinajstić information content (AvgIpc) is 2.38. The second-order valence-electron chi connectivity index (χ2n) is 4.51. The SMILES string of the molecule is COC1CCNC(c2cccc(C(F)(F)F)c2)C1. The van der Waals surface area contributed by atoms with Gasteiger partial charge in [-0.1, -0.05) is 12.1 Å². The summed E-state index contributed by atoms with van der Waals surface area (Å²) in [5, 5.41) is 3.23. The lowest BCUT2D eigenvalue weighted by Gasteiger charge is -2.30. The van der Waals surface area contributed by atoms with Gasteiger partial charge in [-0.2, -0.15) is 13.2 Å². The van der Waals surface area contributed by atoms with Crippen LogP contribution >= 0.6 is 0 Å². The summed E-state index contributed by atoms with van der Waals surface area (Å²) in [5.74, 6) is 0. The number of hydrogen-bond acceptors (Lipinski definition) is 2. The van der Waals surface area contributed by atoms with Gasteiger partial charge >= 0.3 is 6.18 Å². The van der Waals surface area contributed by atoms with Crippen LogP contribution in [0.2, 0.25) is 0 Å². The van der Waals surface area contributed by atoms with Crippen LogP contribution in [0.3, 0.4) is 0 Å². The molecule has 100 valence electrons. The van der Waals surface area contributed by atoms with E-state index in [1.807, 2.05) is 0 Å².